The molecule has 4 rings (SSSR count). The minimum absolute atomic E-state index is 0.0483. The highest BCUT2D eigenvalue weighted by atomic mass is 16.6. The molecule has 0 aromatic heterocycles. The zero-order valence-electron chi connectivity index (χ0n) is 20.5. The average Bonchev–Trinajstić information content (AvgIpc) is 2.89. The Morgan fingerprint density at radius 3 is 2.43 bits per heavy atom. The van der Waals surface area contributed by atoms with Crippen molar-refractivity contribution in [2.75, 3.05) is 51.3 Å². The van der Waals surface area contributed by atoms with Crippen LogP contribution in [-0.2, 0) is 4.79 Å². The van der Waals surface area contributed by atoms with E-state index in [2.05, 4.69) is 36.9 Å². The summed E-state index contributed by atoms with van der Waals surface area (Å²) in [6.45, 7) is 8.01. The lowest BCUT2D eigenvalue weighted by Gasteiger charge is -2.40. The van der Waals surface area contributed by atoms with E-state index in [4.69, 9.17) is 4.74 Å². The number of likely N-dealkylation sites (tertiary alicyclic amines) is 1. The Bertz CT molecular complexity index is 1130. The number of nitro groups is 1. The first-order chi connectivity index (χ1) is 16.8. The maximum absolute atomic E-state index is 13.3. The molecular weight excluding hydrogens is 448 g/mol. The predicted molar refractivity (Wildman–Crippen MR) is 133 cm³/mol. The molecule has 2 heterocycles. The Balaban J connectivity index is 1.38. The van der Waals surface area contributed by atoms with Gasteiger partial charge in [0.15, 0.2) is 5.75 Å². The molecule has 2 aliphatic heterocycles. The smallest absolute Gasteiger partial charge is 0.310 e. The van der Waals surface area contributed by atoms with Gasteiger partial charge in [0.05, 0.1) is 18.0 Å². The molecule has 0 bridgehead atoms. The molecule has 0 aliphatic carbocycles. The van der Waals surface area contributed by atoms with Crippen molar-refractivity contribution >= 4 is 23.2 Å². The van der Waals surface area contributed by atoms with E-state index in [1.165, 1.54) is 42.1 Å². The monoisotopic (exact) mass is 480 g/mol. The summed E-state index contributed by atoms with van der Waals surface area (Å²) < 4.78 is 5.10. The largest absolute Gasteiger partial charge is 0.490 e. The quantitative estimate of drug-likeness (QED) is 0.481. The molecular formula is C26H32N4O5. The van der Waals surface area contributed by atoms with Crippen LogP contribution in [-0.4, -0.2) is 72.9 Å². The molecule has 2 fully saturated rings. The number of methoxy groups -OCH3 is 1. The number of aryl methyl sites for hydroxylation is 2. The van der Waals surface area contributed by atoms with Crippen molar-refractivity contribution in [3.8, 4) is 5.75 Å². The van der Waals surface area contributed by atoms with Crippen LogP contribution in [0.1, 0.15) is 34.3 Å². The molecule has 2 saturated heterocycles. The van der Waals surface area contributed by atoms with E-state index < -0.39 is 4.92 Å². The van der Waals surface area contributed by atoms with Crippen LogP contribution >= 0.6 is 0 Å². The van der Waals surface area contributed by atoms with Gasteiger partial charge in [-0.1, -0.05) is 12.1 Å². The van der Waals surface area contributed by atoms with Crippen LogP contribution in [0.3, 0.4) is 0 Å². The van der Waals surface area contributed by atoms with E-state index in [-0.39, 0.29) is 29.2 Å². The van der Waals surface area contributed by atoms with Crippen LogP contribution in [0.15, 0.2) is 36.4 Å². The topological polar surface area (TPSA) is 96.2 Å². The number of piperazine rings is 1. The van der Waals surface area contributed by atoms with Gasteiger partial charge in [0.25, 0.3) is 5.91 Å². The second-order valence-corrected chi connectivity index (χ2v) is 9.34. The minimum Gasteiger partial charge on any atom is -0.490 e. The van der Waals surface area contributed by atoms with Crippen molar-refractivity contribution in [3.63, 3.8) is 0 Å². The molecule has 9 nitrogen and oxygen atoms in total. The molecule has 1 atom stereocenters. The fourth-order valence-corrected chi connectivity index (χ4v) is 4.99. The highest BCUT2D eigenvalue weighted by molar-refractivity contribution is 5.95. The molecule has 186 valence electrons. The fourth-order valence-electron chi connectivity index (χ4n) is 4.99. The third kappa shape index (κ3) is 5.23. The van der Waals surface area contributed by atoms with E-state index in [0.717, 1.165) is 25.9 Å². The number of nitro benzene ring substituents is 1. The zero-order chi connectivity index (χ0) is 25.1. The summed E-state index contributed by atoms with van der Waals surface area (Å²) in [5.74, 6) is -0.327. The van der Waals surface area contributed by atoms with Gasteiger partial charge < -0.3 is 19.4 Å². The second-order valence-electron chi connectivity index (χ2n) is 9.34. The maximum Gasteiger partial charge on any atom is 0.310 e. The molecule has 35 heavy (non-hydrogen) atoms. The molecule has 2 aliphatic rings. The molecule has 0 radical (unpaired) electrons. The number of carbonyl (C=O) groups is 2. The van der Waals surface area contributed by atoms with Gasteiger partial charge in [-0.15, -0.1) is 0 Å². The van der Waals surface area contributed by atoms with Gasteiger partial charge in [-0.05, 0) is 49.9 Å². The number of piperidine rings is 1. The van der Waals surface area contributed by atoms with Crippen LogP contribution in [0, 0.1) is 29.9 Å². The minimum atomic E-state index is -0.539. The summed E-state index contributed by atoms with van der Waals surface area (Å²) >= 11 is 0. The first-order valence-electron chi connectivity index (χ1n) is 12.0. The van der Waals surface area contributed by atoms with Crippen molar-refractivity contribution in [1.82, 2.24) is 9.80 Å². The first kappa shape index (κ1) is 24.5. The van der Waals surface area contributed by atoms with Crippen molar-refractivity contribution in [2.45, 2.75) is 26.7 Å². The number of rotatable bonds is 5. The van der Waals surface area contributed by atoms with E-state index in [1.54, 1.807) is 4.90 Å². The molecule has 2 aromatic rings. The highest BCUT2D eigenvalue weighted by Crippen LogP contribution is 2.29. The average molecular weight is 481 g/mol. The number of ether oxygens (including phenoxy) is 1. The van der Waals surface area contributed by atoms with Gasteiger partial charge in [0, 0.05) is 62.7 Å². The molecule has 9 heteroatoms. The Hall–Kier alpha value is -3.62. The summed E-state index contributed by atoms with van der Waals surface area (Å²) in [4.78, 5) is 43.0. The van der Waals surface area contributed by atoms with E-state index in [1.807, 2.05) is 4.90 Å². The van der Waals surface area contributed by atoms with E-state index in [9.17, 15) is 19.7 Å². The van der Waals surface area contributed by atoms with Gasteiger partial charge in [0.1, 0.15) is 0 Å². The number of hydrogen-bond donors (Lipinski definition) is 0. The Morgan fingerprint density at radius 1 is 1.00 bits per heavy atom. The summed E-state index contributed by atoms with van der Waals surface area (Å²) in [7, 11) is 1.34. The van der Waals surface area contributed by atoms with Crippen LogP contribution in [0.5, 0.6) is 5.75 Å². The molecule has 0 spiro atoms. The lowest BCUT2D eigenvalue weighted by atomic mass is 9.95. The van der Waals surface area contributed by atoms with E-state index >= 15 is 0 Å². The predicted octanol–water partition coefficient (Wildman–Crippen LogP) is 3.42. The maximum atomic E-state index is 13.3. The molecule has 0 saturated carbocycles. The van der Waals surface area contributed by atoms with Gasteiger partial charge in [-0.2, -0.15) is 0 Å². The van der Waals surface area contributed by atoms with Gasteiger partial charge in [0.2, 0.25) is 5.91 Å². The Labute approximate surface area is 205 Å². The number of benzene rings is 2. The van der Waals surface area contributed by atoms with Crippen molar-refractivity contribution < 1.29 is 19.2 Å². The van der Waals surface area contributed by atoms with Crippen LogP contribution in [0.4, 0.5) is 11.4 Å². The van der Waals surface area contributed by atoms with Crippen LogP contribution in [0.25, 0.3) is 0 Å². The number of carbonyl (C=O) groups excluding carboxylic acids is 2. The summed E-state index contributed by atoms with van der Waals surface area (Å²) in [6.07, 6.45) is 1.50. The first-order valence-corrected chi connectivity index (χ1v) is 12.0. The number of nitrogens with zero attached hydrogens (tertiary/aromatic N) is 4. The van der Waals surface area contributed by atoms with Crippen molar-refractivity contribution in [3.05, 3.63) is 63.2 Å². The molecule has 2 amide bonds. The number of anilines is 1. The van der Waals surface area contributed by atoms with Crippen LogP contribution in [0.2, 0.25) is 0 Å². The van der Waals surface area contributed by atoms with Gasteiger partial charge in [-0.3, -0.25) is 19.7 Å². The van der Waals surface area contributed by atoms with Crippen molar-refractivity contribution in [1.29, 1.82) is 0 Å². The summed E-state index contributed by atoms with van der Waals surface area (Å²) in [5.41, 5.74) is 3.82. The Kier molecular flexibility index (Phi) is 7.23. The molecule has 1 unspecified atom stereocenters. The third-order valence-corrected chi connectivity index (χ3v) is 6.98. The van der Waals surface area contributed by atoms with Gasteiger partial charge >= 0.3 is 5.69 Å². The lowest BCUT2D eigenvalue weighted by Crippen LogP contribution is -2.53. The van der Waals surface area contributed by atoms with Gasteiger partial charge in [-0.25, -0.2) is 0 Å². The normalized spacial score (nSPS) is 18.4. The number of hydrogen-bond acceptors (Lipinski definition) is 6. The standard InChI is InChI=1S/C26H32N4O5/c1-18-6-7-19(2)23(15-18)27-11-13-28(14-12-27)26(32)21-5-4-10-29(17-21)25(31)20-8-9-22(30(33)34)24(16-20)35-3/h6-9,15-16,21H,4-5,10-14,17H2,1-3H3. The SMILES string of the molecule is COc1cc(C(=O)N2CCCC(C(=O)N3CCN(c4cc(C)ccc4C)CC3)C2)ccc1[N+](=O)[O-]. The fraction of sp³-hybridized carbons (Fsp3) is 0.462. The lowest BCUT2D eigenvalue weighted by molar-refractivity contribution is -0.385. The van der Waals surface area contributed by atoms with Crippen molar-refractivity contribution in [2.24, 2.45) is 5.92 Å². The molecule has 0 N–H and O–H groups in total. The third-order valence-electron chi connectivity index (χ3n) is 6.98. The highest BCUT2D eigenvalue weighted by Gasteiger charge is 2.33. The summed E-state index contributed by atoms with van der Waals surface area (Å²) in [6, 6.07) is 10.6. The molecule has 2 aromatic carbocycles. The Morgan fingerprint density at radius 2 is 1.74 bits per heavy atom. The summed E-state index contributed by atoms with van der Waals surface area (Å²) in [5, 5.41) is 11.1. The van der Waals surface area contributed by atoms with Crippen LogP contribution < -0.4 is 9.64 Å². The number of amides is 2. The zero-order valence-corrected chi connectivity index (χ0v) is 20.5. The van der Waals surface area contributed by atoms with E-state index in [0.29, 0.717) is 31.7 Å². The second kappa shape index (κ2) is 10.3.